The van der Waals surface area contributed by atoms with Crippen molar-refractivity contribution in [1.29, 1.82) is 5.26 Å². The smallest absolute Gasteiger partial charge is 0.275 e. The van der Waals surface area contributed by atoms with Crippen LogP contribution in [-0.2, 0) is 6.54 Å². The molecule has 1 heterocycles. The van der Waals surface area contributed by atoms with Crippen molar-refractivity contribution < 1.29 is 4.79 Å². The molecule has 0 atom stereocenters. The molecule has 96 valence electrons. The number of nitrogens with zero attached hydrogens (tertiary/aromatic N) is 2. The average molecular weight is 272 g/mol. The minimum atomic E-state index is -0.297. The van der Waals surface area contributed by atoms with E-state index in [2.05, 4.69) is 10.3 Å². The maximum absolute atomic E-state index is 12.0. The van der Waals surface area contributed by atoms with Gasteiger partial charge in [-0.05, 0) is 24.6 Å². The third kappa shape index (κ3) is 2.96. The number of nitrogens with two attached hydrogens (primary N) is 1. The standard InChI is InChI=1S/C13H12N4OS/c1-8-2-3-9(5-14)4-10(8)17-13(18)11-7-19-12(6-15)16-11/h2-4,7H,6,15H2,1H3,(H,17,18). The molecular weight excluding hydrogens is 260 g/mol. The number of nitriles is 1. The van der Waals surface area contributed by atoms with Crippen LogP contribution in [0.25, 0.3) is 0 Å². The first-order valence-corrected chi connectivity index (χ1v) is 6.48. The van der Waals surface area contributed by atoms with Gasteiger partial charge in [-0.25, -0.2) is 4.98 Å². The second kappa shape index (κ2) is 5.61. The second-order valence-corrected chi connectivity index (χ2v) is 4.87. The molecular formula is C13H12N4OS. The van der Waals surface area contributed by atoms with Crippen LogP contribution in [0.1, 0.15) is 26.6 Å². The van der Waals surface area contributed by atoms with E-state index in [1.807, 2.05) is 13.0 Å². The predicted octanol–water partition coefficient (Wildman–Crippen LogP) is 2.03. The van der Waals surface area contributed by atoms with Gasteiger partial charge in [0, 0.05) is 17.6 Å². The number of anilines is 1. The Balaban J connectivity index is 2.21. The monoisotopic (exact) mass is 272 g/mol. The highest BCUT2D eigenvalue weighted by Crippen LogP contribution is 2.18. The number of thiazole rings is 1. The topological polar surface area (TPSA) is 91.8 Å². The summed E-state index contributed by atoms with van der Waals surface area (Å²) in [5, 5.41) is 14.0. The van der Waals surface area contributed by atoms with Crippen molar-refractivity contribution in [2.24, 2.45) is 5.73 Å². The minimum Gasteiger partial charge on any atom is -0.325 e. The van der Waals surface area contributed by atoms with Gasteiger partial charge in [0.1, 0.15) is 10.7 Å². The maximum atomic E-state index is 12.0. The number of benzene rings is 1. The van der Waals surface area contributed by atoms with Crippen LogP contribution >= 0.6 is 11.3 Å². The number of aryl methyl sites for hydroxylation is 1. The summed E-state index contributed by atoms with van der Waals surface area (Å²) in [5.41, 5.74) is 7.81. The molecule has 0 unspecified atom stereocenters. The van der Waals surface area contributed by atoms with E-state index < -0.39 is 0 Å². The molecule has 1 aromatic heterocycles. The van der Waals surface area contributed by atoms with Gasteiger partial charge in [0.2, 0.25) is 0 Å². The Hall–Kier alpha value is -2.23. The van der Waals surface area contributed by atoms with Crippen molar-refractivity contribution in [2.75, 3.05) is 5.32 Å². The fraction of sp³-hybridized carbons (Fsp3) is 0.154. The number of hydrogen-bond acceptors (Lipinski definition) is 5. The molecule has 6 heteroatoms. The minimum absolute atomic E-state index is 0.297. The number of carbonyl (C=O) groups excluding carboxylic acids is 1. The van der Waals surface area contributed by atoms with E-state index in [0.717, 1.165) is 5.56 Å². The van der Waals surface area contributed by atoms with E-state index >= 15 is 0 Å². The van der Waals surface area contributed by atoms with Crippen molar-refractivity contribution >= 4 is 22.9 Å². The molecule has 0 fully saturated rings. The molecule has 0 spiro atoms. The van der Waals surface area contributed by atoms with Crippen molar-refractivity contribution in [2.45, 2.75) is 13.5 Å². The summed E-state index contributed by atoms with van der Waals surface area (Å²) in [6.07, 6.45) is 0. The molecule has 3 N–H and O–H groups in total. The van der Waals surface area contributed by atoms with E-state index in [1.54, 1.807) is 23.6 Å². The number of nitrogens with one attached hydrogen (secondary N) is 1. The largest absolute Gasteiger partial charge is 0.325 e. The summed E-state index contributed by atoms with van der Waals surface area (Å²) in [5.74, 6) is -0.297. The van der Waals surface area contributed by atoms with Gasteiger partial charge in [0.25, 0.3) is 5.91 Å². The van der Waals surface area contributed by atoms with E-state index in [1.165, 1.54) is 11.3 Å². The molecule has 0 bridgehead atoms. The van der Waals surface area contributed by atoms with Crippen LogP contribution in [0.3, 0.4) is 0 Å². The van der Waals surface area contributed by atoms with Gasteiger partial charge in [0.05, 0.1) is 11.6 Å². The van der Waals surface area contributed by atoms with Gasteiger partial charge in [0.15, 0.2) is 0 Å². The SMILES string of the molecule is Cc1ccc(C#N)cc1NC(=O)c1csc(CN)n1. The summed E-state index contributed by atoms with van der Waals surface area (Å²) in [6, 6.07) is 7.18. The number of aromatic nitrogens is 1. The molecule has 0 aliphatic carbocycles. The highest BCUT2D eigenvalue weighted by Gasteiger charge is 2.11. The molecule has 2 rings (SSSR count). The Kier molecular flexibility index (Phi) is 3.90. The quantitative estimate of drug-likeness (QED) is 0.894. The second-order valence-electron chi connectivity index (χ2n) is 3.93. The van der Waals surface area contributed by atoms with Crippen molar-refractivity contribution in [3.05, 3.63) is 45.4 Å². The summed E-state index contributed by atoms with van der Waals surface area (Å²) in [6.45, 7) is 2.18. The Bertz CT molecular complexity index is 657. The predicted molar refractivity (Wildman–Crippen MR) is 73.9 cm³/mol. The van der Waals surface area contributed by atoms with Crippen LogP contribution in [0.5, 0.6) is 0 Å². The lowest BCUT2D eigenvalue weighted by atomic mass is 10.1. The molecule has 2 aromatic rings. The Morgan fingerprint density at radius 3 is 3.00 bits per heavy atom. The summed E-state index contributed by atoms with van der Waals surface area (Å²) in [7, 11) is 0. The first-order chi connectivity index (χ1) is 9.13. The zero-order valence-electron chi connectivity index (χ0n) is 10.3. The van der Waals surface area contributed by atoms with Gasteiger partial charge < -0.3 is 11.1 Å². The first-order valence-electron chi connectivity index (χ1n) is 5.60. The lowest BCUT2D eigenvalue weighted by Gasteiger charge is -2.07. The number of amides is 1. The molecule has 0 saturated carbocycles. The summed E-state index contributed by atoms with van der Waals surface area (Å²) < 4.78 is 0. The maximum Gasteiger partial charge on any atom is 0.275 e. The van der Waals surface area contributed by atoms with Gasteiger partial charge in [-0.1, -0.05) is 6.07 Å². The van der Waals surface area contributed by atoms with Crippen LogP contribution in [0.4, 0.5) is 5.69 Å². The zero-order chi connectivity index (χ0) is 13.8. The lowest BCUT2D eigenvalue weighted by molar-refractivity contribution is 0.102. The van der Waals surface area contributed by atoms with Crippen molar-refractivity contribution in [1.82, 2.24) is 4.98 Å². The van der Waals surface area contributed by atoms with Crippen molar-refractivity contribution in [3.63, 3.8) is 0 Å². The number of rotatable bonds is 3. The Labute approximate surface area is 114 Å². The van der Waals surface area contributed by atoms with E-state index in [9.17, 15) is 4.79 Å². The van der Waals surface area contributed by atoms with E-state index in [0.29, 0.717) is 28.5 Å². The van der Waals surface area contributed by atoms with Crippen LogP contribution < -0.4 is 11.1 Å². The third-order valence-corrected chi connectivity index (χ3v) is 3.45. The molecule has 0 radical (unpaired) electrons. The number of carbonyl (C=O) groups is 1. The molecule has 1 amide bonds. The van der Waals surface area contributed by atoms with Crippen LogP contribution in [0.15, 0.2) is 23.6 Å². The van der Waals surface area contributed by atoms with E-state index in [-0.39, 0.29) is 5.91 Å². The average Bonchev–Trinajstić information content (AvgIpc) is 2.90. The highest BCUT2D eigenvalue weighted by molar-refractivity contribution is 7.09. The highest BCUT2D eigenvalue weighted by atomic mass is 32.1. The number of hydrogen-bond donors (Lipinski definition) is 2. The van der Waals surface area contributed by atoms with Gasteiger partial charge in [-0.15, -0.1) is 11.3 Å². The van der Waals surface area contributed by atoms with E-state index in [4.69, 9.17) is 11.0 Å². The normalized spacial score (nSPS) is 9.95. The Morgan fingerprint density at radius 1 is 1.58 bits per heavy atom. The lowest BCUT2D eigenvalue weighted by Crippen LogP contribution is -2.13. The van der Waals surface area contributed by atoms with Crippen LogP contribution in [0.2, 0.25) is 0 Å². The van der Waals surface area contributed by atoms with Gasteiger partial charge >= 0.3 is 0 Å². The molecule has 0 saturated heterocycles. The molecule has 0 aliphatic rings. The van der Waals surface area contributed by atoms with Crippen LogP contribution in [-0.4, -0.2) is 10.9 Å². The fourth-order valence-electron chi connectivity index (χ4n) is 1.52. The summed E-state index contributed by atoms with van der Waals surface area (Å²) in [4.78, 5) is 16.1. The molecule has 5 nitrogen and oxygen atoms in total. The molecule has 0 aliphatic heterocycles. The summed E-state index contributed by atoms with van der Waals surface area (Å²) >= 11 is 1.35. The fourth-order valence-corrected chi connectivity index (χ4v) is 2.18. The van der Waals surface area contributed by atoms with Gasteiger partial charge in [-0.3, -0.25) is 4.79 Å². The first kappa shape index (κ1) is 13.2. The molecule has 1 aromatic carbocycles. The molecule has 19 heavy (non-hydrogen) atoms. The van der Waals surface area contributed by atoms with Crippen molar-refractivity contribution in [3.8, 4) is 6.07 Å². The van der Waals surface area contributed by atoms with Gasteiger partial charge in [-0.2, -0.15) is 5.26 Å². The third-order valence-electron chi connectivity index (χ3n) is 2.57. The Morgan fingerprint density at radius 2 is 2.37 bits per heavy atom. The van der Waals surface area contributed by atoms with Crippen LogP contribution in [0, 0.1) is 18.3 Å². The zero-order valence-corrected chi connectivity index (χ0v) is 11.1.